The third-order valence-electron chi connectivity index (χ3n) is 11.6. The van der Waals surface area contributed by atoms with Gasteiger partial charge in [-0.2, -0.15) is 0 Å². The lowest BCUT2D eigenvalue weighted by Crippen LogP contribution is -2.68. The molecule has 2 heterocycles. The number of fused-ring (bicyclic) bond motifs is 1. The zero-order chi connectivity index (χ0) is 42.1. The number of halogens is 1. The predicted octanol–water partition coefficient (Wildman–Crippen LogP) is 5.28. The van der Waals surface area contributed by atoms with Crippen LogP contribution in [-0.4, -0.2) is 78.9 Å². The van der Waals surface area contributed by atoms with Gasteiger partial charge < -0.3 is 25.3 Å². The largest absolute Gasteiger partial charge is 0.397 e. The predicted molar refractivity (Wildman–Crippen MR) is 226 cm³/mol. The van der Waals surface area contributed by atoms with Crippen LogP contribution in [0.1, 0.15) is 92.1 Å². The van der Waals surface area contributed by atoms with E-state index in [9.17, 15) is 28.4 Å². The molecule has 3 aromatic carbocycles. The number of benzene rings is 3. The summed E-state index contributed by atoms with van der Waals surface area (Å²) in [6.07, 6.45) is 5.29. The number of rotatable bonds is 14. The van der Waals surface area contributed by atoms with Gasteiger partial charge >= 0.3 is 0 Å². The van der Waals surface area contributed by atoms with Crippen molar-refractivity contribution < 1.29 is 32.8 Å². The molecule has 10 nitrogen and oxygen atoms in total. The number of allylic oxidation sites excluding steroid dienone is 1. The number of amides is 4. The molecule has 3 aromatic rings. The molecule has 2 fully saturated rings. The highest BCUT2D eigenvalue weighted by atomic mass is 28.4. The summed E-state index contributed by atoms with van der Waals surface area (Å²) in [5, 5.41) is 10.4. The van der Waals surface area contributed by atoms with Crippen LogP contribution < -0.4 is 26.3 Å². The third-order valence-corrected chi connectivity index (χ3v) is 16.7. The first kappa shape index (κ1) is 44.2. The highest BCUT2D eigenvalue weighted by Crippen LogP contribution is 2.38. The quantitative estimate of drug-likeness (QED) is 0.115. The minimum Gasteiger partial charge on any atom is -0.397 e. The van der Waals surface area contributed by atoms with Crippen molar-refractivity contribution >= 4 is 48.1 Å². The Hall–Kier alpha value is -4.94. The monoisotopic (exact) mass is 810 g/mol. The van der Waals surface area contributed by atoms with Crippen LogP contribution in [0.2, 0.25) is 5.04 Å². The number of carbonyl (C=O) groups excluding carboxylic acids is 5. The molecule has 0 radical (unpaired) electrons. The Morgan fingerprint density at radius 3 is 2.12 bits per heavy atom. The van der Waals surface area contributed by atoms with Crippen LogP contribution in [-0.2, 0) is 34.8 Å². The second-order valence-corrected chi connectivity index (χ2v) is 20.9. The highest BCUT2D eigenvalue weighted by Gasteiger charge is 2.52. The number of unbranched alkanes of at least 4 members (excludes halogenated alkanes) is 1. The average molecular weight is 811 g/mol. The Bertz CT molecular complexity index is 1910. The molecule has 3 N–H and O–H groups in total. The van der Waals surface area contributed by atoms with E-state index in [1.54, 1.807) is 44.2 Å². The minimum absolute atomic E-state index is 0.112. The summed E-state index contributed by atoms with van der Waals surface area (Å²) in [6, 6.07) is 23.4. The van der Waals surface area contributed by atoms with Gasteiger partial charge in [0.15, 0.2) is 5.78 Å². The van der Waals surface area contributed by atoms with E-state index in [1.165, 1.54) is 11.0 Å². The van der Waals surface area contributed by atoms with Crippen LogP contribution >= 0.6 is 0 Å². The first-order valence-electron chi connectivity index (χ1n) is 20.6. The zero-order valence-electron chi connectivity index (χ0n) is 34.7. The minimum atomic E-state index is -2.98. The first-order chi connectivity index (χ1) is 27.6. The van der Waals surface area contributed by atoms with Crippen LogP contribution in [0, 0.1) is 5.82 Å². The molecule has 5 atom stereocenters. The molecule has 0 aromatic heterocycles. The van der Waals surface area contributed by atoms with Gasteiger partial charge in [-0.1, -0.05) is 120 Å². The van der Waals surface area contributed by atoms with Gasteiger partial charge in [0.1, 0.15) is 35.6 Å². The number of hydrogen-bond acceptors (Lipinski definition) is 6. The number of hydrogen-bond donors (Lipinski definition) is 3. The van der Waals surface area contributed by atoms with E-state index in [2.05, 4.69) is 61.0 Å². The summed E-state index contributed by atoms with van der Waals surface area (Å²) < 4.78 is 21.8. The summed E-state index contributed by atoms with van der Waals surface area (Å²) in [5.41, 5.74) is -1.17. The summed E-state index contributed by atoms with van der Waals surface area (Å²) >= 11 is 0. The Morgan fingerprint density at radius 1 is 0.914 bits per heavy atom. The number of nitrogens with one attached hydrogen (secondary N) is 3. The lowest BCUT2D eigenvalue weighted by Gasteiger charge is -2.44. The maximum Gasteiger partial charge on any atom is 0.262 e. The SMILES string of the molecule is CC[C@H](O[Si](c1ccccc1)(c1ccccc1)C(C)(C)C)C(=O)/C=C/CCC[C@@H]1NC(=O)[C@H]2CCCN2C(=O)[C@H](Cc2ccccc2F)NC(=O)[C@](C)(CC)NC1=O. The fourth-order valence-electron chi connectivity index (χ4n) is 8.10. The molecule has 0 spiro atoms. The van der Waals surface area contributed by atoms with E-state index in [4.69, 9.17) is 4.43 Å². The van der Waals surface area contributed by atoms with Gasteiger partial charge in [0, 0.05) is 13.0 Å². The molecule has 0 unspecified atom stereocenters. The molecule has 58 heavy (non-hydrogen) atoms. The number of nitrogens with zero attached hydrogens (tertiary/aromatic N) is 1. The van der Waals surface area contributed by atoms with Crippen molar-refractivity contribution in [3.8, 4) is 0 Å². The normalized spacial score (nSPS) is 22.7. The van der Waals surface area contributed by atoms with Crippen LogP contribution in [0.4, 0.5) is 4.39 Å². The van der Waals surface area contributed by atoms with Crippen molar-refractivity contribution in [2.75, 3.05) is 6.54 Å². The molecule has 0 saturated carbocycles. The average Bonchev–Trinajstić information content (AvgIpc) is 3.71. The Morgan fingerprint density at radius 2 is 1.53 bits per heavy atom. The van der Waals surface area contributed by atoms with E-state index in [-0.39, 0.29) is 35.6 Å². The van der Waals surface area contributed by atoms with Crippen LogP contribution in [0.25, 0.3) is 0 Å². The first-order valence-corrected chi connectivity index (χ1v) is 22.5. The van der Waals surface area contributed by atoms with E-state index in [0.29, 0.717) is 38.6 Å². The molecule has 0 aliphatic carbocycles. The highest BCUT2D eigenvalue weighted by molar-refractivity contribution is 6.99. The Balaban J connectivity index is 1.31. The van der Waals surface area contributed by atoms with Gasteiger partial charge in [-0.05, 0) is 85.0 Å². The van der Waals surface area contributed by atoms with Crippen molar-refractivity contribution in [1.82, 2.24) is 20.9 Å². The van der Waals surface area contributed by atoms with Gasteiger partial charge in [-0.3, -0.25) is 24.0 Å². The van der Waals surface area contributed by atoms with Crippen molar-refractivity contribution in [2.45, 2.75) is 128 Å². The molecule has 0 bridgehead atoms. The van der Waals surface area contributed by atoms with Gasteiger partial charge in [0.25, 0.3) is 8.32 Å². The number of carbonyl (C=O) groups is 5. The van der Waals surface area contributed by atoms with E-state index in [1.807, 2.05) is 43.3 Å². The lowest BCUT2D eigenvalue weighted by molar-refractivity contribution is -0.144. The zero-order valence-corrected chi connectivity index (χ0v) is 35.7. The van der Waals surface area contributed by atoms with Crippen molar-refractivity contribution in [3.05, 3.63) is 108 Å². The summed E-state index contributed by atoms with van der Waals surface area (Å²) in [4.78, 5) is 70.8. The fraction of sp³-hybridized carbons (Fsp3) is 0.457. The van der Waals surface area contributed by atoms with Crippen LogP contribution in [0.5, 0.6) is 0 Å². The van der Waals surface area contributed by atoms with Crippen LogP contribution in [0.3, 0.4) is 0 Å². The van der Waals surface area contributed by atoms with E-state index < -0.39 is 67.5 Å². The molecule has 2 saturated heterocycles. The molecule has 2 aliphatic rings. The Labute approximate surface area is 343 Å². The van der Waals surface area contributed by atoms with Crippen molar-refractivity contribution in [2.24, 2.45) is 0 Å². The summed E-state index contributed by atoms with van der Waals surface area (Å²) in [6.45, 7) is 12.1. The molecule has 12 heteroatoms. The van der Waals surface area contributed by atoms with Gasteiger partial charge in [0.05, 0.1) is 0 Å². The second kappa shape index (κ2) is 19.2. The van der Waals surface area contributed by atoms with Gasteiger partial charge in [-0.25, -0.2) is 4.39 Å². The van der Waals surface area contributed by atoms with Gasteiger partial charge in [0.2, 0.25) is 23.6 Å². The topological polar surface area (TPSA) is 134 Å². The summed E-state index contributed by atoms with van der Waals surface area (Å²) in [7, 11) is -2.98. The number of ketones is 1. The lowest BCUT2D eigenvalue weighted by atomic mass is 9.94. The molecule has 2 aliphatic heterocycles. The van der Waals surface area contributed by atoms with Crippen molar-refractivity contribution in [3.63, 3.8) is 0 Å². The standard InChI is InChI=1S/C46H59FN4O6Si/c1-7-40(57-58(45(3,4)5,33-22-12-9-13-23-33)34-24-14-10-15-25-34)39(52)29-17-11-16-27-36-41(53)50-46(6,8-2)44(56)49-37(31-32-21-18-19-26-35(32)47)43(55)51-30-20-28-38(51)42(54)48-36/h9-10,12-15,17-19,21-26,29,36-38,40H,7-8,11,16,20,27-28,30-31H2,1-6H3,(H,48,54)(H,49,56)(H,50,53)/b29-17+/t36-,37-,38+,40-,46-/m0/s1. The van der Waals surface area contributed by atoms with Crippen molar-refractivity contribution in [1.29, 1.82) is 0 Å². The molecular formula is C46H59FN4O6Si. The second-order valence-electron chi connectivity index (χ2n) is 16.7. The van der Waals surface area contributed by atoms with E-state index in [0.717, 1.165) is 10.4 Å². The van der Waals surface area contributed by atoms with Gasteiger partial charge in [-0.15, -0.1) is 0 Å². The summed E-state index contributed by atoms with van der Waals surface area (Å²) in [5.74, 6) is -2.69. The van der Waals surface area contributed by atoms with Crippen LogP contribution in [0.15, 0.2) is 97.1 Å². The maximum absolute atomic E-state index is 14.7. The smallest absolute Gasteiger partial charge is 0.262 e. The molecular weight excluding hydrogens is 752 g/mol. The van der Waals surface area contributed by atoms with E-state index >= 15 is 0 Å². The molecule has 310 valence electrons. The molecule has 5 rings (SSSR count). The third kappa shape index (κ3) is 9.83. The fourth-order valence-corrected chi connectivity index (χ4v) is 12.8. The molecule has 4 amide bonds. The Kier molecular flexibility index (Phi) is 14.6. The maximum atomic E-state index is 14.7.